The molecule has 0 fully saturated rings. The van der Waals surface area contributed by atoms with E-state index < -0.39 is 0 Å². The summed E-state index contributed by atoms with van der Waals surface area (Å²) in [4.78, 5) is 17.9. The molecule has 2 aromatic carbocycles. The molecule has 0 spiro atoms. The van der Waals surface area contributed by atoms with E-state index in [9.17, 15) is 4.79 Å². The topological polar surface area (TPSA) is 73.8 Å². The Morgan fingerprint density at radius 2 is 1.79 bits per heavy atom. The number of nitrogens with two attached hydrogens (primary N) is 1. The van der Waals surface area contributed by atoms with Crippen molar-refractivity contribution in [2.45, 2.75) is 25.7 Å². The van der Waals surface area contributed by atoms with E-state index in [4.69, 9.17) is 22.3 Å². The number of nitrogen functional groups attached to an aromatic ring is 1. The number of carbonyl (C=O) groups excluding carboxylic acids is 1. The monoisotopic (exact) mass is 402 g/mol. The molecule has 1 aliphatic rings. The minimum atomic E-state index is 0.0469. The highest BCUT2D eigenvalue weighted by atomic mass is 35.5. The van der Waals surface area contributed by atoms with E-state index in [1.165, 1.54) is 0 Å². The Morgan fingerprint density at radius 1 is 1.07 bits per heavy atom. The van der Waals surface area contributed by atoms with Gasteiger partial charge < -0.3 is 5.73 Å². The summed E-state index contributed by atoms with van der Waals surface area (Å²) < 4.78 is 1.77. The smallest absolute Gasteiger partial charge is 0.167 e. The number of anilines is 1. The van der Waals surface area contributed by atoms with Crippen molar-refractivity contribution in [3.05, 3.63) is 82.1 Å². The van der Waals surface area contributed by atoms with Gasteiger partial charge in [0.1, 0.15) is 0 Å². The zero-order valence-electron chi connectivity index (χ0n) is 15.9. The average Bonchev–Trinajstić information content (AvgIpc) is 3.05. The highest BCUT2D eigenvalue weighted by Crippen LogP contribution is 2.38. The van der Waals surface area contributed by atoms with Crippen LogP contribution in [0.4, 0.5) is 5.69 Å². The van der Waals surface area contributed by atoms with Gasteiger partial charge in [-0.2, -0.15) is 5.10 Å². The van der Waals surface area contributed by atoms with Crippen LogP contribution in [0.25, 0.3) is 16.7 Å². The van der Waals surface area contributed by atoms with Crippen LogP contribution in [0.15, 0.2) is 54.6 Å². The number of rotatable bonds is 2. The fourth-order valence-corrected chi connectivity index (χ4v) is 4.34. The van der Waals surface area contributed by atoms with Crippen molar-refractivity contribution in [2.24, 2.45) is 0 Å². The Balaban J connectivity index is 1.69. The molecule has 5 rings (SSSR count). The normalized spacial score (nSPS) is 16.2. The van der Waals surface area contributed by atoms with Gasteiger partial charge in [0, 0.05) is 11.4 Å². The molecule has 1 unspecified atom stereocenters. The number of benzene rings is 2. The van der Waals surface area contributed by atoms with E-state index in [1.54, 1.807) is 4.68 Å². The molecule has 1 aliphatic carbocycles. The van der Waals surface area contributed by atoms with Crippen LogP contribution in [0, 0.1) is 6.92 Å². The lowest BCUT2D eigenvalue weighted by atomic mass is 9.81. The summed E-state index contributed by atoms with van der Waals surface area (Å²) >= 11 is 6.03. The van der Waals surface area contributed by atoms with Crippen LogP contribution in [-0.2, 0) is 6.42 Å². The number of fused-ring (bicyclic) bond motifs is 2. The molecule has 2 aromatic heterocycles. The summed E-state index contributed by atoms with van der Waals surface area (Å²) in [5.74, 6) is 0.152. The Hall–Kier alpha value is -3.18. The van der Waals surface area contributed by atoms with Crippen LogP contribution in [0.2, 0.25) is 5.02 Å². The largest absolute Gasteiger partial charge is 0.397 e. The summed E-state index contributed by atoms with van der Waals surface area (Å²) in [5.41, 5.74) is 11.7. The summed E-state index contributed by atoms with van der Waals surface area (Å²) in [6.07, 6.45) is 1.12. The number of aromatic nitrogens is 3. The van der Waals surface area contributed by atoms with Gasteiger partial charge in [0.2, 0.25) is 0 Å². The van der Waals surface area contributed by atoms with Crippen LogP contribution in [0.5, 0.6) is 0 Å². The van der Waals surface area contributed by atoms with Crippen molar-refractivity contribution >= 4 is 34.1 Å². The third kappa shape index (κ3) is 2.89. The first-order valence-corrected chi connectivity index (χ1v) is 9.92. The predicted octanol–water partition coefficient (Wildman–Crippen LogP) is 4.88. The van der Waals surface area contributed by atoms with Gasteiger partial charge in [-0.25, -0.2) is 9.67 Å². The molecule has 2 heterocycles. The van der Waals surface area contributed by atoms with Crippen molar-refractivity contribution < 1.29 is 4.79 Å². The van der Waals surface area contributed by atoms with E-state index in [0.29, 0.717) is 34.8 Å². The third-order valence-electron chi connectivity index (χ3n) is 5.60. The molecule has 144 valence electrons. The number of hydrogen-bond acceptors (Lipinski definition) is 4. The number of nitrogens with zero attached hydrogens (tertiary/aromatic N) is 3. The number of carbonyl (C=O) groups is 1. The molecule has 0 aliphatic heterocycles. The molecule has 0 amide bonds. The van der Waals surface area contributed by atoms with Gasteiger partial charge in [-0.15, -0.1) is 0 Å². The van der Waals surface area contributed by atoms with Gasteiger partial charge in [0.05, 0.1) is 33.7 Å². The molecular weight excluding hydrogens is 384 g/mol. The maximum Gasteiger partial charge on any atom is 0.167 e. The summed E-state index contributed by atoms with van der Waals surface area (Å²) in [7, 11) is 0. The van der Waals surface area contributed by atoms with E-state index in [0.717, 1.165) is 28.0 Å². The Bertz CT molecular complexity index is 1250. The van der Waals surface area contributed by atoms with Crippen molar-refractivity contribution in [1.29, 1.82) is 0 Å². The average molecular weight is 403 g/mol. The van der Waals surface area contributed by atoms with Crippen molar-refractivity contribution in [2.75, 3.05) is 5.73 Å². The molecule has 0 saturated carbocycles. The lowest BCUT2D eigenvalue weighted by molar-refractivity contribution is 0.0964. The van der Waals surface area contributed by atoms with Crippen molar-refractivity contribution in [3.8, 4) is 5.69 Å². The number of aryl methyl sites for hydroxylation is 1. The fraction of sp³-hybridized carbons (Fsp3) is 0.174. The molecule has 6 heteroatoms. The second-order valence-electron chi connectivity index (χ2n) is 7.46. The number of ketones is 1. The van der Waals surface area contributed by atoms with Gasteiger partial charge in [0.15, 0.2) is 11.4 Å². The fourth-order valence-electron chi connectivity index (χ4n) is 4.21. The van der Waals surface area contributed by atoms with Crippen LogP contribution in [-0.4, -0.2) is 20.5 Å². The van der Waals surface area contributed by atoms with Crippen molar-refractivity contribution in [3.63, 3.8) is 0 Å². The minimum Gasteiger partial charge on any atom is -0.397 e. The maximum absolute atomic E-state index is 13.0. The molecular formula is C23H19ClN4O. The first kappa shape index (κ1) is 17.9. The second kappa shape index (κ2) is 6.71. The minimum absolute atomic E-state index is 0.0469. The van der Waals surface area contributed by atoms with Crippen LogP contribution >= 0.6 is 11.6 Å². The summed E-state index contributed by atoms with van der Waals surface area (Å²) in [5, 5.41) is 6.04. The maximum atomic E-state index is 13.0. The lowest BCUT2D eigenvalue weighted by Gasteiger charge is -2.24. The highest BCUT2D eigenvalue weighted by molar-refractivity contribution is 6.30. The zero-order valence-corrected chi connectivity index (χ0v) is 16.6. The third-order valence-corrected chi connectivity index (χ3v) is 5.85. The molecule has 0 bridgehead atoms. The van der Waals surface area contributed by atoms with E-state index in [-0.39, 0.29) is 11.7 Å². The molecule has 5 nitrogen and oxygen atoms in total. The SMILES string of the molecule is Cc1nn(-c2ccc(Cl)cc2)c2nc3c(c(N)c12)C(=O)CC(c1ccccc1)C3. The molecule has 4 aromatic rings. The Labute approximate surface area is 173 Å². The lowest BCUT2D eigenvalue weighted by Crippen LogP contribution is -2.22. The number of Topliss-reactive ketones (excluding diaryl/α,β-unsaturated/α-hetero) is 1. The van der Waals surface area contributed by atoms with Crippen molar-refractivity contribution in [1.82, 2.24) is 14.8 Å². The number of pyridine rings is 1. The summed E-state index contributed by atoms with van der Waals surface area (Å²) in [6.45, 7) is 1.89. The molecule has 29 heavy (non-hydrogen) atoms. The molecule has 0 radical (unpaired) electrons. The number of halogens is 1. The Morgan fingerprint density at radius 3 is 2.52 bits per heavy atom. The van der Waals surface area contributed by atoms with E-state index in [1.807, 2.05) is 49.4 Å². The standard InChI is InChI=1S/C23H19ClN4O/c1-13-20-22(25)21-18(11-15(12-19(21)29)14-5-3-2-4-6-14)26-23(20)28(27-13)17-9-7-16(24)8-10-17/h2-10,15H,11-12H2,1H3,(H2,25,26). The van der Waals surface area contributed by atoms with Crippen LogP contribution < -0.4 is 5.73 Å². The van der Waals surface area contributed by atoms with Gasteiger partial charge in [-0.1, -0.05) is 41.9 Å². The quantitative estimate of drug-likeness (QED) is 0.518. The highest BCUT2D eigenvalue weighted by Gasteiger charge is 2.31. The van der Waals surface area contributed by atoms with Gasteiger partial charge in [-0.05, 0) is 49.1 Å². The zero-order chi connectivity index (χ0) is 20.1. The molecule has 0 saturated heterocycles. The van der Waals surface area contributed by atoms with E-state index >= 15 is 0 Å². The van der Waals surface area contributed by atoms with Crippen LogP contribution in [0.1, 0.15) is 39.6 Å². The van der Waals surface area contributed by atoms with Gasteiger partial charge in [0.25, 0.3) is 0 Å². The van der Waals surface area contributed by atoms with Gasteiger partial charge >= 0.3 is 0 Å². The predicted molar refractivity (Wildman–Crippen MR) is 115 cm³/mol. The van der Waals surface area contributed by atoms with E-state index in [2.05, 4.69) is 17.2 Å². The Kier molecular flexibility index (Phi) is 4.14. The first-order chi connectivity index (χ1) is 14.0. The van der Waals surface area contributed by atoms with Crippen LogP contribution in [0.3, 0.4) is 0 Å². The number of hydrogen-bond donors (Lipinski definition) is 1. The second-order valence-corrected chi connectivity index (χ2v) is 7.89. The molecule has 2 N–H and O–H groups in total. The summed E-state index contributed by atoms with van der Waals surface area (Å²) in [6, 6.07) is 17.5. The molecule has 1 atom stereocenters. The van der Waals surface area contributed by atoms with Gasteiger partial charge in [-0.3, -0.25) is 4.79 Å². The first-order valence-electron chi connectivity index (χ1n) is 9.54.